The average molecular weight is 294 g/mol. The molecule has 114 valence electrons. The smallest absolute Gasteiger partial charge is 0.326 e. The molecule has 0 aliphatic carbocycles. The summed E-state index contributed by atoms with van der Waals surface area (Å²) in [6, 6.07) is 4.14. The van der Waals surface area contributed by atoms with Crippen molar-refractivity contribution in [3.63, 3.8) is 0 Å². The first-order valence-corrected chi connectivity index (χ1v) is 6.65. The molecule has 1 atom stereocenters. The molecule has 1 aromatic carbocycles. The van der Waals surface area contributed by atoms with Crippen molar-refractivity contribution in [3.05, 3.63) is 23.8 Å². The molecule has 0 fully saturated rings. The first kappa shape index (κ1) is 15.1. The molecular weight excluding hydrogens is 276 g/mol. The van der Waals surface area contributed by atoms with E-state index >= 15 is 0 Å². The number of carbonyl (C=O) groups excluding carboxylic acids is 1. The molecule has 0 spiro atoms. The van der Waals surface area contributed by atoms with Gasteiger partial charge in [-0.25, -0.2) is 4.79 Å². The molecular formula is C14H18N2O5. The SMILES string of the molecule is COCCC(NC(=O)c1cccc2c1OCCN2)C(=O)O. The molecule has 1 amide bonds. The lowest BCUT2D eigenvalue weighted by atomic mass is 10.1. The lowest BCUT2D eigenvalue weighted by Gasteiger charge is -2.22. The molecule has 0 bridgehead atoms. The summed E-state index contributed by atoms with van der Waals surface area (Å²) in [5.74, 6) is -1.11. The van der Waals surface area contributed by atoms with Crippen molar-refractivity contribution in [2.24, 2.45) is 0 Å². The Kier molecular flexibility index (Phi) is 4.99. The topological polar surface area (TPSA) is 96.9 Å². The van der Waals surface area contributed by atoms with E-state index in [0.29, 0.717) is 24.5 Å². The summed E-state index contributed by atoms with van der Waals surface area (Å²) in [6.45, 7) is 1.38. The third-order valence-corrected chi connectivity index (χ3v) is 3.14. The number of anilines is 1. The Balaban J connectivity index is 2.14. The minimum absolute atomic E-state index is 0.200. The summed E-state index contributed by atoms with van der Waals surface area (Å²) in [4.78, 5) is 23.4. The predicted octanol–water partition coefficient (Wildman–Crippen LogP) is 0.710. The van der Waals surface area contributed by atoms with Gasteiger partial charge < -0.3 is 25.2 Å². The molecule has 21 heavy (non-hydrogen) atoms. The molecule has 7 heteroatoms. The highest BCUT2D eigenvalue weighted by Gasteiger charge is 2.24. The highest BCUT2D eigenvalue weighted by Crippen LogP contribution is 2.31. The van der Waals surface area contributed by atoms with Crippen LogP contribution in [0.1, 0.15) is 16.8 Å². The van der Waals surface area contributed by atoms with Crippen molar-refractivity contribution in [3.8, 4) is 5.75 Å². The van der Waals surface area contributed by atoms with Gasteiger partial charge in [0.25, 0.3) is 5.91 Å². The summed E-state index contributed by atoms with van der Waals surface area (Å²) < 4.78 is 10.4. The summed E-state index contributed by atoms with van der Waals surface area (Å²) in [7, 11) is 1.48. The van der Waals surface area contributed by atoms with Crippen LogP contribution in [0.4, 0.5) is 5.69 Å². The molecule has 0 aromatic heterocycles. The number of carboxylic acid groups (broad SMARTS) is 1. The van der Waals surface area contributed by atoms with E-state index in [2.05, 4.69) is 10.6 Å². The highest BCUT2D eigenvalue weighted by molar-refractivity contribution is 6.00. The second kappa shape index (κ2) is 6.94. The normalized spacial score (nSPS) is 14.3. The maximum absolute atomic E-state index is 12.3. The number of aliphatic carboxylic acids is 1. The molecule has 3 N–H and O–H groups in total. The van der Waals surface area contributed by atoms with Gasteiger partial charge in [-0.2, -0.15) is 0 Å². The van der Waals surface area contributed by atoms with E-state index in [4.69, 9.17) is 14.6 Å². The van der Waals surface area contributed by atoms with Gasteiger partial charge in [-0.1, -0.05) is 6.07 Å². The molecule has 1 aliphatic rings. The summed E-state index contributed by atoms with van der Waals surface area (Å²) >= 11 is 0. The zero-order chi connectivity index (χ0) is 15.2. The number of hydrogen-bond acceptors (Lipinski definition) is 5. The van der Waals surface area contributed by atoms with Crippen LogP contribution in [0.25, 0.3) is 0 Å². The zero-order valence-electron chi connectivity index (χ0n) is 11.7. The van der Waals surface area contributed by atoms with E-state index in [1.807, 2.05) is 6.07 Å². The Hall–Kier alpha value is -2.28. The largest absolute Gasteiger partial charge is 0.489 e. The number of hydrogen-bond donors (Lipinski definition) is 3. The Labute approximate surface area is 122 Å². The predicted molar refractivity (Wildman–Crippen MR) is 75.8 cm³/mol. The van der Waals surface area contributed by atoms with E-state index in [-0.39, 0.29) is 13.0 Å². The van der Waals surface area contributed by atoms with Crippen molar-refractivity contribution in [2.45, 2.75) is 12.5 Å². The number of carbonyl (C=O) groups is 2. The number of methoxy groups -OCH3 is 1. The Morgan fingerprint density at radius 3 is 3.05 bits per heavy atom. The van der Waals surface area contributed by atoms with E-state index in [1.165, 1.54) is 7.11 Å². The van der Waals surface area contributed by atoms with E-state index in [1.54, 1.807) is 12.1 Å². The summed E-state index contributed by atoms with van der Waals surface area (Å²) in [5.41, 5.74) is 1.06. The molecule has 1 heterocycles. The fourth-order valence-electron chi connectivity index (χ4n) is 2.08. The van der Waals surface area contributed by atoms with Gasteiger partial charge in [0.05, 0.1) is 11.3 Å². The number of ether oxygens (including phenoxy) is 2. The molecule has 0 saturated carbocycles. The van der Waals surface area contributed by atoms with Gasteiger partial charge in [0, 0.05) is 26.7 Å². The van der Waals surface area contributed by atoms with Crippen LogP contribution < -0.4 is 15.4 Å². The Morgan fingerprint density at radius 1 is 1.52 bits per heavy atom. The fraction of sp³-hybridized carbons (Fsp3) is 0.429. The number of benzene rings is 1. The van der Waals surface area contributed by atoms with E-state index in [0.717, 1.165) is 5.69 Å². The van der Waals surface area contributed by atoms with Crippen LogP contribution in [0.3, 0.4) is 0 Å². The van der Waals surface area contributed by atoms with Crippen LogP contribution >= 0.6 is 0 Å². The molecule has 1 aliphatic heterocycles. The number of rotatable bonds is 6. The molecule has 2 rings (SSSR count). The van der Waals surface area contributed by atoms with Crippen LogP contribution in [0.5, 0.6) is 5.75 Å². The molecule has 7 nitrogen and oxygen atoms in total. The average Bonchev–Trinajstić information content (AvgIpc) is 2.50. The van der Waals surface area contributed by atoms with E-state index < -0.39 is 17.9 Å². The van der Waals surface area contributed by atoms with Gasteiger partial charge in [0.1, 0.15) is 12.6 Å². The van der Waals surface area contributed by atoms with Crippen molar-refractivity contribution < 1.29 is 24.2 Å². The monoisotopic (exact) mass is 294 g/mol. The third kappa shape index (κ3) is 3.63. The minimum Gasteiger partial charge on any atom is -0.489 e. The van der Waals surface area contributed by atoms with Crippen LogP contribution in [0.2, 0.25) is 0 Å². The first-order chi connectivity index (χ1) is 10.1. The summed E-state index contributed by atoms with van der Waals surface area (Å²) in [5, 5.41) is 14.7. The molecule has 1 unspecified atom stereocenters. The van der Waals surface area contributed by atoms with Crippen LogP contribution in [-0.2, 0) is 9.53 Å². The van der Waals surface area contributed by atoms with Gasteiger partial charge in [-0.15, -0.1) is 0 Å². The number of amides is 1. The fourth-order valence-corrected chi connectivity index (χ4v) is 2.08. The van der Waals surface area contributed by atoms with Crippen LogP contribution in [0.15, 0.2) is 18.2 Å². The van der Waals surface area contributed by atoms with Gasteiger partial charge in [0.2, 0.25) is 0 Å². The second-order valence-corrected chi connectivity index (χ2v) is 4.60. The standard InChI is InChI=1S/C14H18N2O5/c1-20-7-5-11(14(18)19)16-13(17)9-3-2-4-10-12(9)21-8-6-15-10/h2-4,11,15H,5-8H2,1H3,(H,16,17)(H,18,19). The third-order valence-electron chi connectivity index (χ3n) is 3.14. The molecule has 1 aromatic rings. The lowest BCUT2D eigenvalue weighted by Crippen LogP contribution is -2.41. The van der Waals surface area contributed by atoms with Gasteiger partial charge in [-0.3, -0.25) is 4.79 Å². The van der Waals surface area contributed by atoms with Crippen molar-refractivity contribution in [1.82, 2.24) is 5.32 Å². The number of carboxylic acids is 1. The van der Waals surface area contributed by atoms with Gasteiger partial charge in [-0.05, 0) is 12.1 Å². The van der Waals surface area contributed by atoms with Gasteiger partial charge in [0.15, 0.2) is 5.75 Å². The first-order valence-electron chi connectivity index (χ1n) is 6.65. The van der Waals surface area contributed by atoms with Crippen LogP contribution in [-0.4, -0.2) is 49.9 Å². The zero-order valence-corrected chi connectivity index (χ0v) is 11.7. The number of nitrogens with one attached hydrogen (secondary N) is 2. The minimum atomic E-state index is -1.09. The summed E-state index contributed by atoms with van der Waals surface area (Å²) in [6.07, 6.45) is 0.200. The molecule has 0 saturated heterocycles. The highest BCUT2D eigenvalue weighted by atomic mass is 16.5. The maximum atomic E-state index is 12.3. The van der Waals surface area contributed by atoms with E-state index in [9.17, 15) is 9.59 Å². The number of para-hydroxylation sites is 1. The lowest BCUT2D eigenvalue weighted by molar-refractivity contribution is -0.139. The van der Waals surface area contributed by atoms with Gasteiger partial charge >= 0.3 is 5.97 Å². The maximum Gasteiger partial charge on any atom is 0.326 e. The quantitative estimate of drug-likeness (QED) is 0.715. The number of fused-ring (bicyclic) bond motifs is 1. The Morgan fingerprint density at radius 2 is 2.33 bits per heavy atom. The Bertz CT molecular complexity index is 532. The second-order valence-electron chi connectivity index (χ2n) is 4.60. The van der Waals surface area contributed by atoms with Crippen molar-refractivity contribution in [2.75, 3.05) is 32.2 Å². The molecule has 0 radical (unpaired) electrons. The van der Waals surface area contributed by atoms with Crippen molar-refractivity contribution in [1.29, 1.82) is 0 Å². The van der Waals surface area contributed by atoms with Crippen molar-refractivity contribution >= 4 is 17.6 Å². The van der Waals surface area contributed by atoms with Crippen LogP contribution in [0, 0.1) is 0 Å².